The lowest BCUT2D eigenvalue weighted by atomic mass is 9.81. The van der Waals surface area contributed by atoms with Crippen LogP contribution < -0.4 is 14.2 Å². The molecule has 0 aliphatic carbocycles. The Morgan fingerprint density at radius 1 is 0.900 bits per heavy atom. The standard InChI is InChI=1S/C31H31FN4O3S/c1-31(2,22-6-15-27(37-3)28(20-22)38-4)29-21-33-30(36(29)25-9-7-23(32)8-10-25)40-19-18-39-26-13-11-24(12-14-26)35-17-5-16-34-35/h5-17,20-21H,18-19H2,1-4H3. The van der Waals surface area contributed by atoms with E-state index in [-0.39, 0.29) is 5.82 Å². The van der Waals surface area contributed by atoms with Gasteiger partial charge in [0.1, 0.15) is 11.6 Å². The summed E-state index contributed by atoms with van der Waals surface area (Å²) in [6.07, 6.45) is 5.53. The molecule has 5 rings (SSSR count). The van der Waals surface area contributed by atoms with Crippen molar-refractivity contribution in [3.8, 4) is 28.6 Å². The number of methoxy groups -OCH3 is 2. The molecule has 3 aromatic carbocycles. The van der Waals surface area contributed by atoms with Crippen LogP contribution in [0.4, 0.5) is 4.39 Å². The van der Waals surface area contributed by atoms with E-state index in [1.54, 1.807) is 49.0 Å². The summed E-state index contributed by atoms with van der Waals surface area (Å²) in [5.41, 5.74) is 3.35. The number of imidazole rings is 1. The molecule has 2 heterocycles. The first kappa shape index (κ1) is 27.3. The molecule has 0 bridgehead atoms. The van der Waals surface area contributed by atoms with Gasteiger partial charge < -0.3 is 14.2 Å². The largest absolute Gasteiger partial charge is 0.493 e. The highest BCUT2D eigenvalue weighted by molar-refractivity contribution is 7.99. The number of benzene rings is 3. The molecule has 0 saturated heterocycles. The molecule has 0 atom stereocenters. The molecule has 7 nitrogen and oxygen atoms in total. The molecule has 0 N–H and O–H groups in total. The highest BCUT2D eigenvalue weighted by atomic mass is 32.2. The number of rotatable bonds is 11. The molecule has 0 fully saturated rings. The smallest absolute Gasteiger partial charge is 0.172 e. The van der Waals surface area contributed by atoms with Gasteiger partial charge in [0.2, 0.25) is 0 Å². The van der Waals surface area contributed by atoms with Gasteiger partial charge in [-0.1, -0.05) is 31.7 Å². The van der Waals surface area contributed by atoms with Crippen LogP contribution in [0.5, 0.6) is 17.2 Å². The van der Waals surface area contributed by atoms with E-state index in [0.29, 0.717) is 23.9 Å². The zero-order valence-electron chi connectivity index (χ0n) is 22.9. The van der Waals surface area contributed by atoms with Crippen LogP contribution >= 0.6 is 11.8 Å². The van der Waals surface area contributed by atoms with Gasteiger partial charge in [0.15, 0.2) is 16.7 Å². The first-order valence-corrected chi connectivity index (χ1v) is 13.8. The van der Waals surface area contributed by atoms with Crippen molar-refractivity contribution in [1.29, 1.82) is 0 Å². The molecule has 9 heteroatoms. The van der Waals surface area contributed by atoms with Crippen LogP contribution in [0.2, 0.25) is 0 Å². The maximum Gasteiger partial charge on any atom is 0.172 e. The Morgan fingerprint density at radius 2 is 1.62 bits per heavy atom. The van der Waals surface area contributed by atoms with E-state index in [1.807, 2.05) is 60.9 Å². The second-order valence-corrected chi connectivity index (χ2v) is 10.6. The summed E-state index contributed by atoms with van der Waals surface area (Å²) in [5, 5.41) is 5.05. The average Bonchev–Trinajstić information content (AvgIpc) is 3.67. The highest BCUT2D eigenvalue weighted by Crippen LogP contribution is 2.39. The molecule has 40 heavy (non-hydrogen) atoms. The maximum atomic E-state index is 13.8. The van der Waals surface area contributed by atoms with E-state index in [9.17, 15) is 4.39 Å². The van der Waals surface area contributed by atoms with Crippen LogP contribution in [-0.4, -0.2) is 45.9 Å². The van der Waals surface area contributed by atoms with Crippen LogP contribution in [0.1, 0.15) is 25.1 Å². The predicted molar refractivity (Wildman–Crippen MR) is 155 cm³/mol. The van der Waals surface area contributed by atoms with Crippen molar-refractivity contribution in [2.45, 2.75) is 24.4 Å². The third-order valence-electron chi connectivity index (χ3n) is 6.75. The van der Waals surface area contributed by atoms with Gasteiger partial charge in [-0.15, -0.1) is 0 Å². The van der Waals surface area contributed by atoms with Gasteiger partial charge in [-0.2, -0.15) is 5.10 Å². The van der Waals surface area contributed by atoms with Crippen LogP contribution in [0.3, 0.4) is 0 Å². The number of aromatic nitrogens is 4. The Hall–Kier alpha value is -4.24. The predicted octanol–water partition coefficient (Wildman–Crippen LogP) is 6.71. The summed E-state index contributed by atoms with van der Waals surface area (Å²) in [4.78, 5) is 4.78. The Kier molecular flexibility index (Phi) is 8.11. The number of halogens is 1. The van der Waals surface area contributed by atoms with Crippen LogP contribution in [-0.2, 0) is 5.41 Å². The third kappa shape index (κ3) is 5.70. The quantitative estimate of drug-likeness (QED) is 0.133. The van der Waals surface area contributed by atoms with E-state index in [4.69, 9.17) is 19.2 Å². The second kappa shape index (κ2) is 11.9. The Morgan fingerprint density at radius 3 is 2.30 bits per heavy atom. The summed E-state index contributed by atoms with van der Waals surface area (Å²) >= 11 is 1.59. The van der Waals surface area contributed by atoms with Crippen molar-refractivity contribution >= 4 is 11.8 Å². The molecule has 0 amide bonds. The van der Waals surface area contributed by atoms with Crippen molar-refractivity contribution in [3.05, 3.63) is 108 Å². The van der Waals surface area contributed by atoms with Crippen LogP contribution in [0.25, 0.3) is 11.4 Å². The fourth-order valence-electron chi connectivity index (χ4n) is 4.50. The van der Waals surface area contributed by atoms with Crippen molar-refractivity contribution < 1.29 is 18.6 Å². The van der Waals surface area contributed by atoms with Crippen molar-refractivity contribution in [3.63, 3.8) is 0 Å². The van der Waals surface area contributed by atoms with E-state index >= 15 is 0 Å². The lowest BCUT2D eigenvalue weighted by Crippen LogP contribution is -2.23. The van der Waals surface area contributed by atoms with E-state index < -0.39 is 5.41 Å². The molecule has 5 aromatic rings. The minimum absolute atomic E-state index is 0.286. The van der Waals surface area contributed by atoms with E-state index in [1.165, 1.54) is 12.1 Å². The molecular weight excluding hydrogens is 527 g/mol. The highest BCUT2D eigenvalue weighted by Gasteiger charge is 2.30. The number of nitrogens with zero attached hydrogens (tertiary/aromatic N) is 4. The van der Waals surface area contributed by atoms with Crippen LogP contribution in [0.15, 0.2) is 96.5 Å². The molecule has 0 unspecified atom stereocenters. The monoisotopic (exact) mass is 558 g/mol. The minimum Gasteiger partial charge on any atom is -0.493 e. The summed E-state index contributed by atoms with van der Waals surface area (Å²) in [6, 6.07) is 22.1. The van der Waals surface area contributed by atoms with Crippen molar-refractivity contribution in [1.82, 2.24) is 19.3 Å². The average molecular weight is 559 g/mol. The Labute approximate surface area is 237 Å². The number of thioether (sulfide) groups is 1. The molecule has 0 aliphatic heterocycles. The molecule has 0 spiro atoms. The minimum atomic E-state index is -0.452. The zero-order valence-corrected chi connectivity index (χ0v) is 23.7. The lowest BCUT2D eigenvalue weighted by Gasteiger charge is -2.28. The van der Waals surface area contributed by atoms with Gasteiger partial charge >= 0.3 is 0 Å². The van der Waals surface area contributed by atoms with Gasteiger partial charge in [-0.05, 0) is 72.3 Å². The molecule has 0 aliphatic rings. The number of hydrogen-bond acceptors (Lipinski definition) is 6. The van der Waals surface area contributed by atoms with Crippen molar-refractivity contribution in [2.24, 2.45) is 0 Å². The van der Waals surface area contributed by atoms with E-state index in [0.717, 1.165) is 33.5 Å². The Balaban J connectivity index is 1.36. The zero-order chi connectivity index (χ0) is 28.1. The normalized spacial score (nSPS) is 11.4. The molecule has 0 radical (unpaired) electrons. The summed E-state index contributed by atoms with van der Waals surface area (Å²) in [6.45, 7) is 4.77. The second-order valence-electron chi connectivity index (χ2n) is 9.57. The summed E-state index contributed by atoms with van der Waals surface area (Å²) in [5.74, 6) is 2.50. The van der Waals surface area contributed by atoms with Gasteiger partial charge in [0, 0.05) is 29.2 Å². The molecule has 2 aromatic heterocycles. The first-order chi connectivity index (χ1) is 19.4. The fourth-order valence-corrected chi connectivity index (χ4v) is 5.31. The van der Waals surface area contributed by atoms with E-state index in [2.05, 4.69) is 23.5 Å². The summed E-state index contributed by atoms with van der Waals surface area (Å²) in [7, 11) is 3.25. The molecular formula is C31H31FN4O3S. The first-order valence-electron chi connectivity index (χ1n) is 12.8. The van der Waals surface area contributed by atoms with Crippen molar-refractivity contribution in [2.75, 3.05) is 26.6 Å². The van der Waals surface area contributed by atoms with Gasteiger partial charge in [0.05, 0.1) is 38.4 Å². The molecule has 0 saturated carbocycles. The number of ether oxygens (including phenoxy) is 3. The fraction of sp³-hybridized carbons (Fsp3) is 0.226. The lowest BCUT2D eigenvalue weighted by molar-refractivity contribution is 0.344. The topological polar surface area (TPSA) is 63.3 Å². The van der Waals surface area contributed by atoms with Crippen LogP contribution in [0, 0.1) is 5.82 Å². The SMILES string of the molecule is COc1ccc(C(C)(C)c2cnc(SCCOc3ccc(-n4cccn4)cc3)n2-c2ccc(F)cc2)cc1OC. The maximum absolute atomic E-state index is 13.8. The third-order valence-corrected chi connectivity index (χ3v) is 7.67. The number of hydrogen-bond donors (Lipinski definition) is 0. The van der Waals surface area contributed by atoms with Gasteiger partial charge in [-0.25, -0.2) is 14.1 Å². The molecule has 206 valence electrons. The summed E-state index contributed by atoms with van der Waals surface area (Å²) < 4.78 is 34.7. The van der Waals surface area contributed by atoms with Gasteiger partial charge in [-0.3, -0.25) is 4.57 Å². The Bertz CT molecular complexity index is 1550. The van der Waals surface area contributed by atoms with Gasteiger partial charge in [0.25, 0.3) is 0 Å².